The molecule has 1 N–H and O–H groups in total. The van der Waals surface area contributed by atoms with Crippen LogP contribution in [0.5, 0.6) is 5.75 Å². The molecule has 0 heterocycles. The molecule has 4 heteroatoms. The fourth-order valence-corrected chi connectivity index (χ4v) is 2.19. The Morgan fingerprint density at radius 3 is 2.39 bits per heavy atom. The quantitative estimate of drug-likeness (QED) is 0.831. The largest absolute Gasteiger partial charge is 0.489 e. The molecule has 2 nitrogen and oxygen atoms in total. The first kappa shape index (κ1) is 15.6. The second-order valence-corrected chi connectivity index (χ2v) is 5.91. The molecule has 0 saturated heterocycles. The van der Waals surface area contributed by atoms with Gasteiger partial charge >= 0.3 is 0 Å². The smallest absolute Gasteiger partial charge is 0.142 e. The molecule has 0 spiro atoms. The summed E-state index contributed by atoms with van der Waals surface area (Å²) >= 11 is 12.2. The van der Waals surface area contributed by atoms with Gasteiger partial charge in [-0.2, -0.15) is 0 Å². The summed E-state index contributed by atoms with van der Waals surface area (Å²) in [4.78, 5) is 0. The summed E-state index contributed by atoms with van der Waals surface area (Å²) in [6, 6.07) is 3.62. The van der Waals surface area contributed by atoms with Gasteiger partial charge < -0.3 is 10.1 Å². The molecule has 0 amide bonds. The SMILES string of the molecule is CC(C)CNCc1cc(Cl)cc(Cl)c1OC(C)C. The maximum atomic E-state index is 6.18. The summed E-state index contributed by atoms with van der Waals surface area (Å²) in [5, 5.41) is 4.58. The Morgan fingerprint density at radius 1 is 1.17 bits per heavy atom. The molecule has 102 valence electrons. The summed E-state index contributed by atoms with van der Waals surface area (Å²) in [6.07, 6.45) is 0.0903. The van der Waals surface area contributed by atoms with Gasteiger partial charge in [0.15, 0.2) is 0 Å². The van der Waals surface area contributed by atoms with Crippen LogP contribution in [0.15, 0.2) is 12.1 Å². The molecule has 0 saturated carbocycles. The monoisotopic (exact) mass is 289 g/mol. The van der Waals surface area contributed by atoms with Gasteiger partial charge in [0, 0.05) is 17.1 Å². The van der Waals surface area contributed by atoms with Crippen LogP contribution in [0.1, 0.15) is 33.3 Å². The Labute approximate surface area is 120 Å². The normalized spacial score (nSPS) is 11.3. The molecule has 0 aliphatic rings. The Morgan fingerprint density at radius 2 is 1.83 bits per heavy atom. The van der Waals surface area contributed by atoms with Crippen molar-refractivity contribution >= 4 is 23.2 Å². The van der Waals surface area contributed by atoms with Crippen molar-refractivity contribution in [3.05, 3.63) is 27.7 Å². The predicted octanol–water partition coefficient (Wildman–Crippen LogP) is 4.53. The van der Waals surface area contributed by atoms with E-state index in [1.54, 1.807) is 6.07 Å². The maximum absolute atomic E-state index is 6.18. The van der Waals surface area contributed by atoms with E-state index in [4.69, 9.17) is 27.9 Å². The number of nitrogens with one attached hydrogen (secondary N) is 1. The predicted molar refractivity (Wildman–Crippen MR) is 78.8 cm³/mol. The third-order valence-electron chi connectivity index (χ3n) is 2.31. The van der Waals surface area contributed by atoms with Crippen LogP contribution in [0.2, 0.25) is 10.0 Å². The average molecular weight is 290 g/mol. The van der Waals surface area contributed by atoms with Crippen molar-refractivity contribution in [1.82, 2.24) is 5.32 Å². The van der Waals surface area contributed by atoms with E-state index in [1.165, 1.54) is 0 Å². The van der Waals surface area contributed by atoms with Crippen LogP contribution in [0, 0.1) is 5.92 Å². The van der Waals surface area contributed by atoms with E-state index in [-0.39, 0.29) is 6.10 Å². The van der Waals surface area contributed by atoms with Gasteiger partial charge in [-0.25, -0.2) is 0 Å². The van der Waals surface area contributed by atoms with Crippen molar-refractivity contribution in [3.8, 4) is 5.75 Å². The Bertz CT molecular complexity index is 392. The molecule has 0 aromatic heterocycles. The van der Waals surface area contributed by atoms with Crippen molar-refractivity contribution in [2.45, 2.75) is 40.3 Å². The molecule has 1 rings (SSSR count). The standard InChI is InChI=1S/C14H21Cl2NO/c1-9(2)7-17-8-11-5-12(15)6-13(16)14(11)18-10(3)4/h5-6,9-10,17H,7-8H2,1-4H3. The minimum atomic E-state index is 0.0903. The molecule has 1 aromatic rings. The van der Waals surface area contributed by atoms with Crippen molar-refractivity contribution in [2.24, 2.45) is 5.92 Å². The van der Waals surface area contributed by atoms with E-state index in [0.29, 0.717) is 22.5 Å². The molecular formula is C14H21Cl2NO. The zero-order valence-corrected chi connectivity index (χ0v) is 12.9. The topological polar surface area (TPSA) is 21.3 Å². The fraction of sp³-hybridized carbons (Fsp3) is 0.571. The van der Waals surface area contributed by atoms with Crippen LogP contribution < -0.4 is 10.1 Å². The lowest BCUT2D eigenvalue weighted by atomic mass is 10.1. The molecule has 0 fully saturated rings. The van der Waals surface area contributed by atoms with Crippen molar-refractivity contribution in [2.75, 3.05) is 6.54 Å². The minimum Gasteiger partial charge on any atom is -0.489 e. The lowest BCUT2D eigenvalue weighted by molar-refractivity contribution is 0.239. The lowest BCUT2D eigenvalue weighted by Gasteiger charge is -2.17. The van der Waals surface area contributed by atoms with Crippen LogP contribution in [0.25, 0.3) is 0 Å². The van der Waals surface area contributed by atoms with Crippen LogP contribution >= 0.6 is 23.2 Å². The Hall–Kier alpha value is -0.440. The molecule has 0 aliphatic carbocycles. The second kappa shape index (κ2) is 7.22. The summed E-state index contributed by atoms with van der Waals surface area (Å²) in [5.41, 5.74) is 1.00. The Kier molecular flexibility index (Phi) is 6.27. The highest BCUT2D eigenvalue weighted by Gasteiger charge is 2.12. The van der Waals surface area contributed by atoms with Gasteiger partial charge in [0.05, 0.1) is 11.1 Å². The van der Waals surface area contributed by atoms with E-state index in [0.717, 1.165) is 17.9 Å². The molecule has 0 radical (unpaired) electrons. The van der Waals surface area contributed by atoms with Gasteiger partial charge in [-0.1, -0.05) is 37.0 Å². The average Bonchev–Trinajstić information content (AvgIpc) is 2.22. The molecule has 0 atom stereocenters. The van der Waals surface area contributed by atoms with Crippen LogP contribution in [-0.4, -0.2) is 12.6 Å². The zero-order chi connectivity index (χ0) is 13.7. The molecular weight excluding hydrogens is 269 g/mol. The summed E-state index contributed by atoms with van der Waals surface area (Å²) < 4.78 is 5.76. The van der Waals surface area contributed by atoms with E-state index in [1.807, 2.05) is 19.9 Å². The summed E-state index contributed by atoms with van der Waals surface area (Å²) in [5.74, 6) is 1.33. The van der Waals surface area contributed by atoms with Crippen LogP contribution in [0.4, 0.5) is 0 Å². The van der Waals surface area contributed by atoms with E-state index in [2.05, 4.69) is 19.2 Å². The third kappa shape index (κ3) is 5.05. The molecule has 0 unspecified atom stereocenters. The Balaban J connectivity index is 2.85. The van der Waals surface area contributed by atoms with Crippen molar-refractivity contribution < 1.29 is 4.74 Å². The zero-order valence-electron chi connectivity index (χ0n) is 11.4. The highest BCUT2D eigenvalue weighted by atomic mass is 35.5. The van der Waals surface area contributed by atoms with Gasteiger partial charge in [-0.3, -0.25) is 0 Å². The summed E-state index contributed by atoms with van der Waals surface area (Å²) in [7, 11) is 0. The van der Waals surface area contributed by atoms with Gasteiger partial charge in [0.2, 0.25) is 0 Å². The van der Waals surface area contributed by atoms with Crippen LogP contribution in [-0.2, 0) is 6.54 Å². The van der Waals surface area contributed by atoms with Crippen LogP contribution in [0.3, 0.4) is 0 Å². The molecule has 0 bridgehead atoms. The number of hydrogen-bond donors (Lipinski definition) is 1. The first-order chi connectivity index (χ1) is 8.40. The van der Waals surface area contributed by atoms with Gasteiger partial charge in [-0.05, 0) is 38.4 Å². The molecule has 0 aliphatic heterocycles. The number of benzene rings is 1. The number of ether oxygens (including phenoxy) is 1. The van der Waals surface area contributed by atoms with E-state index < -0.39 is 0 Å². The number of halogens is 2. The number of rotatable bonds is 6. The van der Waals surface area contributed by atoms with Gasteiger partial charge in [0.25, 0.3) is 0 Å². The van der Waals surface area contributed by atoms with Crippen molar-refractivity contribution in [1.29, 1.82) is 0 Å². The minimum absolute atomic E-state index is 0.0903. The van der Waals surface area contributed by atoms with E-state index >= 15 is 0 Å². The first-order valence-electron chi connectivity index (χ1n) is 6.25. The fourth-order valence-electron chi connectivity index (χ4n) is 1.61. The lowest BCUT2D eigenvalue weighted by Crippen LogP contribution is -2.20. The molecule has 1 aromatic carbocycles. The number of hydrogen-bond acceptors (Lipinski definition) is 2. The van der Waals surface area contributed by atoms with Gasteiger partial charge in [0.1, 0.15) is 5.75 Å². The first-order valence-corrected chi connectivity index (χ1v) is 7.01. The highest BCUT2D eigenvalue weighted by molar-refractivity contribution is 6.35. The highest BCUT2D eigenvalue weighted by Crippen LogP contribution is 2.33. The van der Waals surface area contributed by atoms with Gasteiger partial charge in [-0.15, -0.1) is 0 Å². The van der Waals surface area contributed by atoms with Crippen molar-refractivity contribution in [3.63, 3.8) is 0 Å². The second-order valence-electron chi connectivity index (χ2n) is 5.07. The van der Waals surface area contributed by atoms with E-state index in [9.17, 15) is 0 Å². The maximum Gasteiger partial charge on any atom is 0.142 e. The summed E-state index contributed by atoms with van der Waals surface area (Å²) in [6.45, 7) is 9.96. The third-order valence-corrected chi connectivity index (χ3v) is 2.81. The molecule has 18 heavy (non-hydrogen) atoms.